The van der Waals surface area contributed by atoms with Crippen LogP contribution < -0.4 is 0 Å². The van der Waals surface area contributed by atoms with Gasteiger partial charge in [0.05, 0.1) is 0 Å². The molecule has 0 aliphatic rings. The van der Waals surface area contributed by atoms with Gasteiger partial charge in [-0.05, 0) is 0 Å². The Hall–Kier alpha value is -1.69. The lowest BCUT2D eigenvalue weighted by Crippen LogP contribution is -2.19. The standard InChI is InChI=1S/C8H11NO5/c10-4-3-5(8(13)14)9-6(11)1-2-7(9)12/h1-2,5,10-12H,3-4H2,(H,13,14)/t5-/m0/s1. The van der Waals surface area contributed by atoms with Gasteiger partial charge in [-0.15, -0.1) is 0 Å². The fourth-order valence-corrected chi connectivity index (χ4v) is 1.23. The van der Waals surface area contributed by atoms with Crippen molar-refractivity contribution in [3.05, 3.63) is 12.1 Å². The summed E-state index contributed by atoms with van der Waals surface area (Å²) in [4.78, 5) is 10.7. The summed E-state index contributed by atoms with van der Waals surface area (Å²) in [6.07, 6.45) is -0.0782. The molecule has 0 aromatic carbocycles. The molecule has 4 N–H and O–H groups in total. The quantitative estimate of drug-likeness (QED) is 0.545. The van der Waals surface area contributed by atoms with Gasteiger partial charge in [0.15, 0.2) is 11.8 Å². The number of carboxylic acids is 1. The van der Waals surface area contributed by atoms with Gasteiger partial charge in [0.2, 0.25) is 0 Å². The fourth-order valence-electron chi connectivity index (χ4n) is 1.23. The van der Waals surface area contributed by atoms with Gasteiger partial charge in [-0.1, -0.05) is 0 Å². The lowest BCUT2D eigenvalue weighted by atomic mass is 10.2. The Kier molecular flexibility index (Phi) is 2.98. The predicted molar refractivity (Wildman–Crippen MR) is 46.1 cm³/mol. The highest BCUT2D eigenvalue weighted by molar-refractivity contribution is 5.72. The van der Waals surface area contributed by atoms with Crippen molar-refractivity contribution < 1.29 is 25.2 Å². The molecule has 0 fully saturated rings. The minimum Gasteiger partial charge on any atom is -0.494 e. The van der Waals surface area contributed by atoms with Crippen LogP contribution in [0.25, 0.3) is 0 Å². The third-order valence-electron chi connectivity index (χ3n) is 1.87. The van der Waals surface area contributed by atoms with Crippen molar-refractivity contribution >= 4 is 5.97 Å². The van der Waals surface area contributed by atoms with E-state index >= 15 is 0 Å². The largest absolute Gasteiger partial charge is 0.494 e. The molecule has 0 saturated carbocycles. The monoisotopic (exact) mass is 201 g/mol. The van der Waals surface area contributed by atoms with Crippen LogP contribution in [0.1, 0.15) is 12.5 Å². The molecule has 1 rings (SSSR count). The van der Waals surface area contributed by atoms with Crippen LogP contribution >= 0.6 is 0 Å². The number of aromatic nitrogens is 1. The lowest BCUT2D eigenvalue weighted by Gasteiger charge is -2.14. The summed E-state index contributed by atoms with van der Waals surface area (Å²) in [6, 6.07) is 1.21. The van der Waals surface area contributed by atoms with Gasteiger partial charge in [-0.3, -0.25) is 4.57 Å². The van der Waals surface area contributed by atoms with Crippen LogP contribution in [-0.2, 0) is 4.79 Å². The van der Waals surface area contributed by atoms with Crippen molar-refractivity contribution in [3.8, 4) is 11.8 Å². The van der Waals surface area contributed by atoms with E-state index in [-0.39, 0.29) is 24.8 Å². The number of aromatic hydroxyl groups is 2. The number of aliphatic hydroxyl groups is 1. The molecule has 0 unspecified atom stereocenters. The third-order valence-corrected chi connectivity index (χ3v) is 1.87. The molecule has 1 atom stereocenters. The minimum atomic E-state index is -1.22. The molecule has 0 saturated heterocycles. The van der Waals surface area contributed by atoms with Gasteiger partial charge in [0.25, 0.3) is 0 Å². The molecule has 0 radical (unpaired) electrons. The maximum atomic E-state index is 10.7. The molecule has 0 amide bonds. The fraction of sp³-hybridized carbons (Fsp3) is 0.375. The van der Waals surface area contributed by atoms with Crippen LogP contribution in [0.15, 0.2) is 12.1 Å². The van der Waals surface area contributed by atoms with E-state index in [2.05, 4.69) is 0 Å². The summed E-state index contributed by atoms with van der Waals surface area (Å²) < 4.78 is 0.846. The van der Waals surface area contributed by atoms with Crippen LogP contribution in [0, 0.1) is 0 Å². The smallest absolute Gasteiger partial charge is 0.327 e. The summed E-state index contributed by atoms with van der Waals surface area (Å²) in [5, 5.41) is 35.9. The topological polar surface area (TPSA) is 103 Å². The Morgan fingerprint density at radius 3 is 2.21 bits per heavy atom. The molecule has 0 spiro atoms. The van der Waals surface area contributed by atoms with Crippen molar-refractivity contribution in [1.29, 1.82) is 0 Å². The van der Waals surface area contributed by atoms with Crippen molar-refractivity contribution in [1.82, 2.24) is 4.57 Å². The Morgan fingerprint density at radius 1 is 1.36 bits per heavy atom. The first-order chi connectivity index (χ1) is 6.57. The zero-order chi connectivity index (χ0) is 10.7. The Labute approximate surface area is 79.6 Å². The molecule has 0 aliphatic heterocycles. The molecule has 0 aliphatic carbocycles. The van der Waals surface area contributed by atoms with Crippen LogP contribution in [0.3, 0.4) is 0 Å². The number of hydrogen-bond acceptors (Lipinski definition) is 4. The van der Waals surface area contributed by atoms with Gasteiger partial charge >= 0.3 is 5.97 Å². The first-order valence-electron chi connectivity index (χ1n) is 4.00. The second-order valence-corrected chi connectivity index (χ2v) is 2.79. The molecule has 0 bridgehead atoms. The maximum absolute atomic E-state index is 10.7. The number of nitrogens with zero attached hydrogens (tertiary/aromatic N) is 1. The highest BCUT2D eigenvalue weighted by Crippen LogP contribution is 2.28. The molecule has 1 heterocycles. The Morgan fingerprint density at radius 2 is 1.86 bits per heavy atom. The molecule has 14 heavy (non-hydrogen) atoms. The molecule has 6 nitrogen and oxygen atoms in total. The van der Waals surface area contributed by atoms with E-state index < -0.39 is 12.0 Å². The molecule has 78 valence electrons. The number of hydrogen-bond donors (Lipinski definition) is 4. The predicted octanol–water partition coefficient (Wildman–Crippen LogP) is -0.0926. The number of aliphatic carboxylic acids is 1. The summed E-state index contributed by atoms with van der Waals surface area (Å²) in [6.45, 7) is -0.339. The van der Waals surface area contributed by atoms with Gasteiger partial charge in [0.1, 0.15) is 6.04 Å². The van der Waals surface area contributed by atoms with E-state index in [1.807, 2.05) is 0 Å². The third kappa shape index (κ3) is 1.80. The summed E-state index contributed by atoms with van der Waals surface area (Å²) in [5.74, 6) is -1.91. The lowest BCUT2D eigenvalue weighted by molar-refractivity contribution is -0.141. The number of carbonyl (C=O) groups is 1. The number of rotatable bonds is 4. The van der Waals surface area contributed by atoms with Crippen LogP contribution in [0.4, 0.5) is 0 Å². The molecule has 1 aromatic heterocycles. The van der Waals surface area contributed by atoms with Crippen molar-refractivity contribution in [2.75, 3.05) is 6.61 Å². The highest BCUT2D eigenvalue weighted by atomic mass is 16.4. The first-order valence-corrected chi connectivity index (χ1v) is 4.00. The van der Waals surface area contributed by atoms with E-state index in [9.17, 15) is 15.0 Å². The zero-order valence-corrected chi connectivity index (χ0v) is 7.29. The maximum Gasteiger partial charge on any atom is 0.327 e. The summed E-state index contributed by atoms with van der Waals surface area (Å²) >= 11 is 0. The van der Waals surface area contributed by atoms with E-state index in [1.54, 1.807) is 0 Å². The normalized spacial score (nSPS) is 12.6. The van der Waals surface area contributed by atoms with Crippen LogP contribution in [0.2, 0.25) is 0 Å². The second-order valence-electron chi connectivity index (χ2n) is 2.79. The zero-order valence-electron chi connectivity index (χ0n) is 7.29. The van der Waals surface area contributed by atoms with E-state index in [1.165, 1.54) is 12.1 Å². The summed E-state index contributed by atoms with van der Waals surface area (Å²) in [7, 11) is 0. The van der Waals surface area contributed by atoms with Crippen molar-refractivity contribution in [2.24, 2.45) is 0 Å². The summed E-state index contributed by atoms with van der Waals surface area (Å²) in [5.41, 5.74) is 0. The molecule has 1 aromatic rings. The molecular formula is C8H11NO5. The van der Waals surface area contributed by atoms with Gasteiger partial charge in [-0.25, -0.2) is 4.79 Å². The number of carboxylic acid groups (broad SMARTS) is 1. The van der Waals surface area contributed by atoms with Gasteiger partial charge in [-0.2, -0.15) is 0 Å². The Balaban J connectivity index is 3.04. The number of aliphatic hydroxyl groups excluding tert-OH is 1. The van der Waals surface area contributed by atoms with E-state index in [0.717, 1.165) is 4.57 Å². The highest BCUT2D eigenvalue weighted by Gasteiger charge is 2.23. The molecule has 6 heteroatoms. The van der Waals surface area contributed by atoms with Gasteiger partial charge in [0, 0.05) is 25.2 Å². The SMILES string of the molecule is O=C(O)[C@H](CCO)n1c(O)ccc1O. The average molecular weight is 201 g/mol. The second kappa shape index (κ2) is 4.01. The van der Waals surface area contributed by atoms with Crippen LogP contribution in [-0.4, -0.2) is 37.6 Å². The van der Waals surface area contributed by atoms with Crippen molar-refractivity contribution in [3.63, 3.8) is 0 Å². The molecular weight excluding hydrogens is 190 g/mol. The first kappa shape index (κ1) is 10.4. The van der Waals surface area contributed by atoms with Gasteiger partial charge < -0.3 is 20.4 Å². The minimum absolute atomic E-state index is 0.0782. The van der Waals surface area contributed by atoms with Crippen molar-refractivity contribution in [2.45, 2.75) is 12.5 Å². The van der Waals surface area contributed by atoms with E-state index in [0.29, 0.717) is 0 Å². The van der Waals surface area contributed by atoms with E-state index in [4.69, 9.17) is 10.2 Å². The average Bonchev–Trinajstić information content (AvgIpc) is 2.43. The van der Waals surface area contributed by atoms with Crippen LogP contribution in [0.5, 0.6) is 11.8 Å². The Bertz CT molecular complexity index is 313.